The molecule has 1 amide bonds. The number of rotatable bonds is 7. The molecule has 4 aromatic rings. The lowest BCUT2D eigenvalue weighted by Gasteiger charge is -2.34. The van der Waals surface area contributed by atoms with E-state index in [-0.39, 0.29) is 5.91 Å². The zero-order chi connectivity index (χ0) is 24.7. The minimum Gasteiger partial charge on any atom is -0.497 e. The Balaban J connectivity index is 1.31. The van der Waals surface area contributed by atoms with E-state index in [2.05, 4.69) is 29.2 Å². The number of hydrogen-bond donors (Lipinski definition) is 0. The number of nitrogens with zero attached hydrogens (tertiary/aromatic N) is 4. The number of para-hydroxylation sites is 1. The zero-order valence-electron chi connectivity index (χ0n) is 20.5. The fourth-order valence-corrected chi connectivity index (χ4v) is 4.40. The van der Waals surface area contributed by atoms with Crippen molar-refractivity contribution in [1.82, 2.24) is 19.6 Å². The van der Waals surface area contributed by atoms with Gasteiger partial charge in [0.05, 0.1) is 18.5 Å². The topological polar surface area (TPSA) is 50.6 Å². The van der Waals surface area contributed by atoms with E-state index in [1.807, 2.05) is 83.8 Å². The lowest BCUT2D eigenvalue weighted by atomic mass is 10.1. The van der Waals surface area contributed by atoms with Gasteiger partial charge in [0.2, 0.25) is 0 Å². The molecule has 0 N–H and O–H groups in total. The van der Waals surface area contributed by atoms with Crippen molar-refractivity contribution in [2.45, 2.75) is 0 Å². The molecular weight excluding hydrogens is 448 g/mol. The van der Waals surface area contributed by atoms with Gasteiger partial charge in [0.25, 0.3) is 5.91 Å². The molecule has 0 saturated carbocycles. The maximum atomic E-state index is 13.7. The van der Waals surface area contributed by atoms with Crippen LogP contribution in [0.15, 0.2) is 97.1 Å². The van der Waals surface area contributed by atoms with E-state index in [0.717, 1.165) is 42.3 Å². The average Bonchev–Trinajstić information content (AvgIpc) is 3.40. The van der Waals surface area contributed by atoms with Crippen molar-refractivity contribution in [1.29, 1.82) is 0 Å². The zero-order valence-corrected chi connectivity index (χ0v) is 20.5. The van der Waals surface area contributed by atoms with Gasteiger partial charge in [-0.15, -0.1) is 0 Å². The molecule has 36 heavy (non-hydrogen) atoms. The van der Waals surface area contributed by atoms with Gasteiger partial charge in [-0.2, -0.15) is 5.10 Å². The first kappa shape index (κ1) is 23.6. The lowest BCUT2D eigenvalue weighted by molar-refractivity contribution is 0.0641. The third-order valence-corrected chi connectivity index (χ3v) is 6.45. The second-order valence-electron chi connectivity index (χ2n) is 8.80. The lowest BCUT2D eigenvalue weighted by Crippen LogP contribution is -2.49. The highest BCUT2D eigenvalue weighted by Gasteiger charge is 2.26. The second kappa shape index (κ2) is 11.1. The molecule has 1 fully saturated rings. The van der Waals surface area contributed by atoms with Gasteiger partial charge in [0, 0.05) is 38.3 Å². The Kier molecular flexibility index (Phi) is 7.24. The van der Waals surface area contributed by atoms with Crippen LogP contribution in [0.3, 0.4) is 0 Å². The van der Waals surface area contributed by atoms with E-state index in [1.54, 1.807) is 11.8 Å². The van der Waals surface area contributed by atoms with E-state index in [9.17, 15) is 4.79 Å². The summed E-state index contributed by atoms with van der Waals surface area (Å²) in [6.45, 7) is 3.94. The number of methoxy groups -OCH3 is 1. The van der Waals surface area contributed by atoms with Crippen molar-refractivity contribution >= 4 is 12.0 Å². The summed E-state index contributed by atoms with van der Waals surface area (Å²) in [5.41, 5.74) is 4.34. The summed E-state index contributed by atoms with van der Waals surface area (Å²) in [5.74, 6) is 0.791. The third-order valence-electron chi connectivity index (χ3n) is 6.45. The molecule has 182 valence electrons. The molecule has 0 spiro atoms. The first-order valence-electron chi connectivity index (χ1n) is 12.2. The highest BCUT2D eigenvalue weighted by Crippen LogP contribution is 2.25. The molecule has 0 radical (unpaired) electrons. The van der Waals surface area contributed by atoms with Crippen molar-refractivity contribution in [3.8, 4) is 22.7 Å². The number of carbonyl (C=O) groups is 1. The molecule has 5 rings (SSSR count). The minimum absolute atomic E-state index is 0.00518. The van der Waals surface area contributed by atoms with Crippen molar-refractivity contribution in [3.63, 3.8) is 0 Å². The van der Waals surface area contributed by atoms with Crippen LogP contribution >= 0.6 is 0 Å². The Labute approximate surface area is 212 Å². The summed E-state index contributed by atoms with van der Waals surface area (Å²) in [6.07, 6.45) is 4.34. The molecular formula is C30H30N4O2. The van der Waals surface area contributed by atoms with Crippen LogP contribution in [0.4, 0.5) is 0 Å². The summed E-state index contributed by atoms with van der Waals surface area (Å²) < 4.78 is 7.04. The van der Waals surface area contributed by atoms with Crippen LogP contribution < -0.4 is 4.74 Å². The number of benzene rings is 3. The van der Waals surface area contributed by atoms with Crippen LogP contribution in [0.5, 0.6) is 5.75 Å². The highest BCUT2D eigenvalue weighted by atomic mass is 16.5. The molecule has 3 aromatic carbocycles. The first-order valence-corrected chi connectivity index (χ1v) is 12.2. The van der Waals surface area contributed by atoms with E-state index in [0.29, 0.717) is 18.8 Å². The van der Waals surface area contributed by atoms with E-state index >= 15 is 0 Å². The van der Waals surface area contributed by atoms with E-state index in [1.165, 1.54) is 5.56 Å². The molecule has 1 aliphatic rings. The molecule has 1 aromatic heterocycles. The minimum atomic E-state index is 0.00518. The number of piperazine rings is 1. The maximum Gasteiger partial charge on any atom is 0.272 e. The van der Waals surface area contributed by atoms with Crippen LogP contribution in [0, 0.1) is 0 Å². The summed E-state index contributed by atoms with van der Waals surface area (Å²) in [4.78, 5) is 18.0. The van der Waals surface area contributed by atoms with Gasteiger partial charge in [-0.05, 0) is 48.0 Å². The largest absolute Gasteiger partial charge is 0.497 e. The molecule has 0 unspecified atom stereocenters. The summed E-state index contributed by atoms with van der Waals surface area (Å²) in [7, 11) is 1.65. The smallest absolute Gasteiger partial charge is 0.272 e. The summed E-state index contributed by atoms with van der Waals surface area (Å²) >= 11 is 0. The van der Waals surface area contributed by atoms with Crippen LogP contribution in [0.25, 0.3) is 23.0 Å². The van der Waals surface area contributed by atoms with Gasteiger partial charge in [0.15, 0.2) is 0 Å². The molecule has 2 heterocycles. The number of aromatic nitrogens is 2. The van der Waals surface area contributed by atoms with Crippen LogP contribution in [0.1, 0.15) is 16.1 Å². The number of carbonyl (C=O) groups excluding carboxylic acids is 1. The number of ether oxygens (including phenoxy) is 1. The predicted octanol–water partition coefficient (Wildman–Crippen LogP) is 5.02. The van der Waals surface area contributed by atoms with Gasteiger partial charge in [-0.25, -0.2) is 4.68 Å². The third kappa shape index (κ3) is 5.39. The van der Waals surface area contributed by atoms with Crippen molar-refractivity contribution in [2.75, 3.05) is 39.8 Å². The standard InChI is InChI=1S/C30H30N4O2/c1-36-27-16-14-25(15-17-27)28-23-29(34(31-28)26-12-6-3-7-13-26)30(35)33-21-19-32(20-22-33)18-8-11-24-9-4-2-5-10-24/h2-17,23H,18-22H2,1H3. The fraction of sp³-hybridized carbons (Fsp3) is 0.200. The molecule has 0 atom stereocenters. The van der Waals surface area contributed by atoms with Gasteiger partial charge in [0.1, 0.15) is 11.4 Å². The second-order valence-corrected chi connectivity index (χ2v) is 8.80. The number of hydrogen-bond acceptors (Lipinski definition) is 4. The molecule has 6 heteroatoms. The normalized spacial score (nSPS) is 14.3. The Hall–Kier alpha value is -4.16. The van der Waals surface area contributed by atoms with Gasteiger partial charge in [-0.3, -0.25) is 9.69 Å². The van der Waals surface area contributed by atoms with Crippen molar-refractivity contribution in [2.24, 2.45) is 0 Å². The maximum absolute atomic E-state index is 13.7. The average molecular weight is 479 g/mol. The summed E-state index contributed by atoms with van der Waals surface area (Å²) in [5, 5.41) is 4.82. The Morgan fingerprint density at radius 2 is 1.56 bits per heavy atom. The summed E-state index contributed by atoms with van der Waals surface area (Å²) in [6, 6.07) is 29.8. The van der Waals surface area contributed by atoms with Crippen LogP contribution in [0.2, 0.25) is 0 Å². The molecule has 6 nitrogen and oxygen atoms in total. The van der Waals surface area contributed by atoms with Crippen molar-refractivity contribution in [3.05, 3.63) is 108 Å². The van der Waals surface area contributed by atoms with Gasteiger partial charge < -0.3 is 9.64 Å². The monoisotopic (exact) mass is 478 g/mol. The fourth-order valence-electron chi connectivity index (χ4n) is 4.40. The molecule has 1 saturated heterocycles. The predicted molar refractivity (Wildman–Crippen MR) is 143 cm³/mol. The Morgan fingerprint density at radius 1 is 0.889 bits per heavy atom. The van der Waals surface area contributed by atoms with Crippen molar-refractivity contribution < 1.29 is 9.53 Å². The van der Waals surface area contributed by atoms with E-state index < -0.39 is 0 Å². The molecule has 0 aliphatic carbocycles. The molecule has 0 bridgehead atoms. The SMILES string of the molecule is COc1ccc(-c2cc(C(=O)N3CCN(CC=Cc4ccccc4)CC3)n(-c3ccccc3)n2)cc1. The van der Waals surface area contributed by atoms with Gasteiger partial charge in [-0.1, -0.05) is 60.7 Å². The van der Waals surface area contributed by atoms with Crippen LogP contribution in [-0.4, -0.2) is 65.3 Å². The Bertz CT molecular complexity index is 1310. The quantitative estimate of drug-likeness (QED) is 0.374. The first-order chi connectivity index (χ1) is 17.7. The molecule has 1 aliphatic heterocycles. The highest BCUT2D eigenvalue weighted by molar-refractivity contribution is 5.94. The number of amides is 1. The van der Waals surface area contributed by atoms with E-state index in [4.69, 9.17) is 9.84 Å². The van der Waals surface area contributed by atoms with Gasteiger partial charge >= 0.3 is 0 Å². The van der Waals surface area contributed by atoms with Crippen LogP contribution in [-0.2, 0) is 0 Å². The Morgan fingerprint density at radius 3 is 2.22 bits per heavy atom.